The molecule has 1 aliphatic carbocycles. The van der Waals surface area contributed by atoms with E-state index in [4.69, 9.17) is 4.74 Å². The van der Waals surface area contributed by atoms with Gasteiger partial charge in [0.05, 0.1) is 12.7 Å². The molecule has 1 atom stereocenters. The molecule has 1 aliphatic rings. The highest BCUT2D eigenvalue weighted by Crippen LogP contribution is 2.25. The highest BCUT2D eigenvalue weighted by Gasteiger charge is 2.19. The summed E-state index contributed by atoms with van der Waals surface area (Å²) in [5.41, 5.74) is 0. The standard InChI is InChI=1S/C12H25NO/c1-4-11(13-3)9-14-12-7-5-10(2)6-8-12/h10-13H,4-9H2,1-3H3. The van der Waals surface area contributed by atoms with E-state index >= 15 is 0 Å². The van der Waals surface area contributed by atoms with Gasteiger partial charge in [-0.3, -0.25) is 0 Å². The zero-order valence-electron chi connectivity index (χ0n) is 9.88. The summed E-state index contributed by atoms with van der Waals surface area (Å²) in [6.45, 7) is 5.43. The second-order valence-corrected chi connectivity index (χ2v) is 4.61. The summed E-state index contributed by atoms with van der Waals surface area (Å²) in [5.74, 6) is 0.918. The minimum Gasteiger partial charge on any atom is -0.377 e. The Morgan fingerprint density at radius 2 is 1.93 bits per heavy atom. The van der Waals surface area contributed by atoms with E-state index < -0.39 is 0 Å². The molecule has 2 nitrogen and oxygen atoms in total. The third-order valence-corrected chi connectivity index (χ3v) is 3.40. The Balaban J connectivity index is 2.12. The quantitative estimate of drug-likeness (QED) is 0.735. The molecule has 1 unspecified atom stereocenters. The topological polar surface area (TPSA) is 21.3 Å². The molecule has 2 heteroatoms. The Bertz CT molecular complexity index is 137. The first-order valence-corrected chi connectivity index (χ1v) is 6.05. The Hall–Kier alpha value is -0.0800. The highest BCUT2D eigenvalue weighted by molar-refractivity contribution is 4.71. The van der Waals surface area contributed by atoms with Crippen LogP contribution >= 0.6 is 0 Å². The lowest BCUT2D eigenvalue weighted by molar-refractivity contribution is 0.00870. The molecule has 0 spiro atoms. The van der Waals surface area contributed by atoms with E-state index in [-0.39, 0.29) is 0 Å². The smallest absolute Gasteiger partial charge is 0.0623 e. The van der Waals surface area contributed by atoms with Crippen molar-refractivity contribution >= 4 is 0 Å². The molecule has 1 rings (SSSR count). The lowest BCUT2D eigenvalue weighted by atomic mass is 9.89. The van der Waals surface area contributed by atoms with Crippen LogP contribution in [0.25, 0.3) is 0 Å². The molecule has 0 amide bonds. The molecule has 0 aromatic carbocycles. The summed E-state index contributed by atoms with van der Waals surface area (Å²) in [6.07, 6.45) is 6.91. The third kappa shape index (κ3) is 3.97. The van der Waals surface area contributed by atoms with Gasteiger partial charge in [0.1, 0.15) is 0 Å². The van der Waals surface area contributed by atoms with Gasteiger partial charge in [0, 0.05) is 6.04 Å². The minimum atomic E-state index is 0.536. The summed E-state index contributed by atoms with van der Waals surface area (Å²) in [7, 11) is 2.01. The van der Waals surface area contributed by atoms with Crippen molar-refractivity contribution in [3.05, 3.63) is 0 Å². The van der Waals surface area contributed by atoms with Gasteiger partial charge in [-0.15, -0.1) is 0 Å². The highest BCUT2D eigenvalue weighted by atomic mass is 16.5. The Labute approximate surface area is 88.4 Å². The van der Waals surface area contributed by atoms with Gasteiger partial charge >= 0.3 is 0 Å². The average Bonchev–Trinajstić information content (AvgIpc) is 2.22. The van der Waals surface area contributed by atoms with E-state index in [2.05, 4.69) is 19.2 Å². The van der Waals surface area contributed by atoms with E-state index in [1.165, 1.54) is 25.7 Å². The van der Waals surface area contributed by atoms with Crippen molar-refractivity contribution in [3.63, 3.8) is 0 Å². The van der Waals surface area contributed by atoms with E-state index in [1.54, 1.807) is 0 Å². The summed E-state index contributed by atoms with van der Waals surface area (Å²) in [6, 6.07) is 0.536. The molecular weight excluding hydrogens is 174 g/mol. The van der Waals surface area contributed by atoms with Crippen molar-refractivity contribution < 1.29 is 4.74 Å². The maximum Gasteiger partial charge on any atom is 0.0623 e. The molecule has 14 heavy (non-hydrogen) atoms. The predicted octanol–water partition coefficient (Wildman–Crippen LogP) is 2.58. The number of likely N-dealkylation sites (N-methyl/N-ethyl adjacent to an activating group) is 1. The van der Waals surface area contributed by atoms with Crippen molar-refractivity contribution in [1.82, 2.24) is 5.32 Å². The van der Waals surface area contributed by atoms with Gasteiger partial charge in [0.2, 0.25) is 0 Å². The second kappa shape index (κ2) is 6.41. The third-order valence-electron chi connectivity index (χ3n) is 3.40. The average molecular weight is 199 g/mol. The fourth-order valence-electron chi connectivity index (χ4n) is 2.05. The largest absolute Gasteiger partial charge is 0.377 e. The van der Waals surface area contributed by atoms with Gasteiger partial charge in [-0.05, 0) is 45.1 Å². The van der Waals surface area contributed by atoms with Gasteiger partial charge in [-0.25, -0.2) is 0 Å². The molecule has 1 N–H and O–H groups in total. The second-order valence-electron chi connectivity index (χ2n) is 4.61. The van der Waals surface area contributed by atoms with E-state index in [1.807, 2.05) is 7.05 Å². The van der Waals surface area contributed by atoms with Crippen LogP contribution in [0.15, 0.2) is 0 Å². The van der Waals surface area contributed by atoms with E-state index in [9.17, 15) is 0 Å². The van der Waals surface area contributed by atoms with Gasteiger partial charge in [0.15, 0.2) is 0 Å². The molecule has 0 radical (unpaired) electrons. The van der Waals surface area contributed by atoms with Crippen LogP contribution in [0, 0.1) is 5.92 Å². The molecule has 0 bridgehead atoms. The SMILES string of the molecule is CCC(COC1CCC(C)CC1)NC. The van der Waals surface area contributed by atoms with Crippen LogP contribution in [-0.4, -0.2) is 25.8 Å². The molecule has 84 valence electrons. The Morgan fingerprint density at radius 1 is 1.29 bits per heavy atom. The monoisotopic (exact) mass is 199 g/mol. The molecule has 0 aromatic heterocycles. The maximum atomic E-state index is 5.91. The summed E-state index contributed by atoms with van der Waals surface area (Å²) < 4.78 is 5.91. The zero-order valence-corrected chi connectivity index (χ0v) is 9.88. The number of nitrogens with one attached hydrogen (secondary N) is 1. The van der Waals surface area contributed by atoms with Crippen LogP contribution in [0.1, 0.15) is 46.0 Å². The van der Waals surface area contributed by atoms with Gasteiger partial charge in [0.25, 0.3) is 0 Å². The van der Waals surface area contributed by atoms with Crippen molar-refractivity contribution in [3.8, 4) is 0 Å². The van der Waals surface area contributed by atoms with Crippen LogP contribution in [-0.2, 0) is 4.74 Å². The van der Waals surface area contributed by atoms with Crippen molar-refractivity contribution in [2.45, 2.75) is 58.1 Å². The molecule has 0 aliphatic heterocycles. The van der Waals surface area contributed by atoms with Gasteiger partial charge in [-0.2, -0.15) is 0 Å². The lowest BCUT2D eigenvalue weighted by Gasteiger charge is -2.27. The van der Waals surface area contributed by atoms with Crippen LogP contribution in [0.3, 0.4) is 0 Å². The molecule has 0 aromatic rings. The van der Waals surface area contributed by atoms with Crippen molar-refractivity contribution in [2.24, 2.45) is 5.92 Å². The Morgan fingerprint density at radius 3 is 2.43 bits per heavy atom. The van der Waals surface area contributed by atoms with E-state index in [0.29, 0.717) is 12.1 Å². The van der Waals surface area contributed by atoms with Crippen molar-refractivity contribution in [2.75, 3.05) is 13.7 Å². The zero-order chi connectivity index (χ0) is 10.4. The first-order valence-electron chi connectivity index (χ1n) is 6.05. The molecule has 0 saturated heterocycles. The van der Waals surface area contributed by atoms with Gasteiger partial charge < -0.3 is 10.1 Å². The molecule has 1 saturated carbocycles. The summed E-state index contributed by atoms with van der Waals surface area (Å²) in [5, 5.41) is 3.28. The summed E-state index contributed by atoms with van der Waals surface area (Å²) in [4.78, 5) is 0. The number of rotatable bonds is 5. The number of hydrogen-bond acceptors (Lipinski definition) is 2. The predicted molar refractivity (Wildman–Crippen MR) is 60.5 cm³/mol. The molecule has 0 heterocycles. The van der Waals surface area contributed by atoms with Gasteiger partial charge in [-0.1, -0.05) is 13.8 Å². The van der Waals surface area contributed by atoms with Crippen LogP contribution in [0.5, 0.6) is 0 Å². The molecule has 1 fully saturated rings. The summed E-state index contributed by atoms with van der Waals surface area (Å²) >= 11 is 0. The fraction of sp³-hybridized carbons (Fsp3) is 1.00. The first-order chi connectivity index (χ1) is 6.76. The Kier molecular flexibility index (Phi) is 5.49. The van der Waals surface area contributed by atoms with Crippen LogP contribution in [0.2, 0.25) is 0 Å². The van der Waals surface area contributed by atoms with Crippen LogP contribution < -0.4 is 5.32 Å². The number of hydrogen-bond donors (Lipinski definition) is 1. The lowest BCUT2D eigenvalue weighted by Crippen LogP contribution is -2.32. The normalized spacial score (nSPS) is 30.2. The first kappa shape index (κ1) is 12.0. The van der Waals surface area contributed by atoms with Crippen LogP contribution in [0.4, 0.5) is 0 Å². The van der Waals surface area contributed by atoms with E-state index in [0.717, 1.165) is 18.9 Å². The minimum absolute atomic E-state index is 0.536. The maximum absolute atomic E-state index is 5.91. The number of ether oxygens (including phenoxy) is 1. The fourth-order valence-corrected chi connectivity index (χ4v) is 2.05. The van der Waals surface area contributed by atoms with Crippen molar-refractivity contribution in [1.29, 1.82) is 0 Å². The molecular formula is C12H25NO.